The summed E-state index contributed by atoms with van der Waals surface area (Å²) in [7, 11) is 0. The highest BCUT2D eigenvalue weighted by Gasteiger charge is 2.23. The van der Waals surface area contributed by atoms with E-state index in [1.54, 1.807) is 0 Å². The summed E-state index contributed by atoms with van der Waals surface area (Å²) < 4.78 is 5.78. The van der Waals surface area contributed by atoms with E-state index in [1.807, 2.05) is 0 Å². The molecule has 0 aromatic carbocycles. The van der Waals surface area contributed by atoms with Gasteiger partial charge in [-0.1, -0.05) is 0 Å². The molecule has 3 nitrogen and oxygen atoms in total. The normalized spacial score (nSPS) is 39.9. The summed E-state index contributed by atoms with van der Waals surface area (Å²) in [5.41, 5.74) is 0. The molecule has 2 rings (SSSR count). The lowest BCUT2D eigenvalue weighted by molar-refractivity contribution is 0.0541. The molecule has 2 aliphatic heterocycles. The summed E-state index contributed by atoms with van der Waals surface area (Å²) >= 11 is 4.42. The molecule has 13 heavy (non-hydrogen) atoms. The lowest BCUT2D eigenvalue weighted by Crippen LogP contribution is -2.30. The van der Waals surface area contributed by atoms with E-state index in [0.29, 0.717) is 17.4 Å². The predicted molar refractivity (Wildman–Crippen MR) is 56.4 cm³/mol. The zero-order chi connectivity index (χ0) is 9.10. The molecule has 0 aromatic rings. The lowest BCUT2D eigenvalue weighted by Gasteiger charge is -2.14. The molecule has 0 saturated carbocycles. The SMILES string of the molecule is S[C@@H]1CN[C@H](CO[C@@H]2CCNC2)C1. The zero-order valence-electron chi connectivity index (χ0n) is 7.83. The van der Waals surface area contributed by atoms with E-state index in [-0.39, 0.29) is 0 Å². The molecular weight excluding hydrogens is 184 g/mol. The Morgan fingerprint density at radius 2 is 2.31 bits per heavy atom. The van der Waals surface area contributed by atoms with Crippen LogP contribution in [-0.2, 0) is 4.74 Å². The van der Waals surface area contributed by atoms with Crippen LogP contribution in [0.15, 0.2) is 0 Å². The highest BCUT2D eigenvalue weighted by atomic mass is 32.1. The standard InChI is InChI=1S/C9H18N2OS/c13-9-3-7(11-5-9)6-12-8-1-2-10-4-8/h7-11,13H,1-6H2/t7-,8+,9-/m0/s1. The van der Waals surface area contributed by atoms with Gasteiger partial charge in [0.25, 0.3) is 0 Å². The van der Waals surface area contributed by atoms with Gasteiger partial charge in [0.05, 0.1) is 12.7 Å². The quantitative estimate of drug-likeness (QED) is 0.565. The van der Waals surface area contributed by atoms with Crippen LogP contribution in [0, 0.1) is 0 Å². The average molecular weight is 202 g/mol. The van der Waals surface area contributed by atoms with E-state index >= 15 is 0 Å². The molecule has 0 bridgehead atoms. The summed E-state index contributed by atoms with van der Waals surface area (Å²) in [6, 6.07) is 0.531. The van der Waals surface area contributed by atoms with Gasteiger partial charge in [0.2, 0.25) is 0 Å². The first-order valence-electron chi connectivity index (χ1n) is 5.08. The van der Waals surface area contributed by atoms with Crippen molar-refractivity contribution < 1.29 is 4.74 Å². The van der Waals surface area contributed by atoms with Crippen LogP contribution in [0.5, 0.6) is 0 Å². The molecule has 3 atom stereocenters. The van der Waals surface area contributed by atoms with Crippen molar-refractivity contribution in [3.8, 4) is 0 Å². The number of hydrogen-bond donors (Lipinski definition) is 3. The number of hydrogen-bond acceptors (Lipinski definition) is 4. The summed E-state index contributed by atoms with van der Waals surface area (Å²) in [6.07, 6.45) is 2.75. The monoisotopic (exact) mass is 202 g/mol. The first kappa shape index (κ1) is 9.77. The maximum absolute atomic E-state index is 5.78. The van der Waals surface area contributed by atoms with Crippen LogP contribution in [-0.4, -0.2) is 43.6 Å². The van der Waals surface area contributed by atoms with Gasteiger partial charge >= 0.3 is 0 Å². The molecule has 2 N–H and O–H groups in total. The number of rotatable bonds is 3. The van der Waals surface area contributed by atoms with Gasteiger partial charge in [0.1, 0.15) is 0 Å². The third-order valence-electron chi connectivity index (χ3n) is 2.75. The first-order valence-corrected chi connectivity index (χ1v) is 5.60. The van der Waals surface area contributed by atoms with Crippen LogP contribution >= 0.6 is 12.6 Å². The second kappa shape index (κ2) is 4.64. The zero-order valence-corrected chi connectivity index (χ0v) is 8.72. The molecule has 0 aliphatic carbocycles. The average Bonchev–Trinajstić information content (AvgIpc) is 2.71. The predicted octanol–water partition coefficient (Wildman–Crippen LogP) is 0.0252. The molecule has 4 heteroatoms. The van der Waals surface area contributed by atoms with Gasteiger partial charge in [-0.05, 0) is 19.4 Å². The molecular formula is C9H18N2OS. The molecule has 2 aliphatic rings. The smallest absolute Gasteiger partial charge is 0.0712 e. The molecule has 0 aromatic heterocycles. The fraction of sp³-hybridized carbons (Fsp3) is 1.00. The van der Waals surface area contributed by atoms with Crippen molar-refractivity contribution in [2.75, 3.05) is 26.2 Å². The largest absolute Gasteiger partial charge is 0.375 e. The summed E-state index contributed by atoms with van der Waals surface area (Å²) in [6.45, 7) is 4.01. The molecule has 76 valence electrons. The molecule has 0 amide bonds. The first-order chi connectivity index (χ1) is 6.34. The molecule has 2 heterocycles. The van der Waals surface area contributed by atoms with Crippen molar-refractivity contribution in [2.45, 2.75) is 30.2 Å². The van der Waals surface area contributed by atoms with Gasteiger partial charge in [0.15, 0.2) is 0 Å². The Hall–Kier alpha value is 0.230. The molecule has 2 fully saturated rings. The Kier molecular flexibility index (Phi) is 3.49. The van der Waals surface area contributed by atoms with Crippen LogP contribution in [0.4, 0.5) is 0 Å². The molecule has 2 saturated heterocycles. The Morgan fingerprint density at radius 3 is 2.92 bits per heavy atom. The van der Waals surface area contributed by atoms with Gasteiger partial charge in [-0.15, -0.1) is 0 Å². The van der Waals surface area contributed by atoms with Gasteiger partial charge in [-0.25, -0.2) is 0 Å². The molecule has 0 spiro atoms. The fourth-order valence-electron chi connectivity index (χ4n) is 1.95. The highest BCUT2D eigenvalue weighted by molar-refractivity contribution is 7.81. The van der Waals surface area contributed by atoms with E-state index in [1.165, 1.54) is 0 Å². The van der Waals surface area contributed by atoms with Crippen LogP contribution < -0.4 is 10.6 Å². The second-order valence-electron chi connectivity index (χ2n) is 3.94. The van der Waals surface area contributed by atoms with E-state index < -0.39 is 0 Å². The summed E-state index contributed by atoms with van der Waals surface area (Å²) in [5, 5.41) is 7.23. The third kappa shape index (κ3) is 2.84. The van der Waals surface area contributed by atoms with Crippen molar-refractivity contribution >= 4 is 12.6 Å². The van der Waals surface area contributed by atoms with Crippen molar-refractivity contribution in [2.24, 2.45) is 0 Å². The Bertz CT molecular complexity index is 162. The van der Waals surface area contributed by atoms with Gasteiger partial charge in [-0.2, -0.15) is 12.6 Å². The van der Waals surface area contributed by atoms with Crippen molar-refractivity contribution in [1.82, 2.24) is 10.6 Å². The van der Waals surface area contributed by atoms with Crippen LogP contribution in [0.2, 0.25) is 0 Å². The maximum Gasteiger partial charge on any atom is 0.0712 e. The summed E-state index contributed by atoms with van der Waals surface area (Å²) in [4.78, 5) is 0. The molecule has 0 radical (unpaired) electrons. The Balaban J connectivity index is 1.62. The van der Waals surface area contributed by atoms with Crippen LogP contribution in [0.3, 0.4) is 0 Å². The number of nitrogens with one attached hydrogen (secondary N) is 2. The topological polar surface area (TPSA) is 33.3 Å². The van der Waals surface area contributed by atoms with E-state index in [2.05, 4.69) is 23.3 Å². The van der Waals surface area contributed by atoms with Crippen LogP contribution in [0.25, 0.3) is 0 Å². The fourth-order valence-corrected chi connectivity index (χ4v) is 2.31. The maximum atomic E-state index is 5.78. The third-order valence-corrected chi connectivity index (χ3v) is 3.14. The minimum atomic E-state index is 0.445. The lowest BCUT2D eigenvalue weighted by atomic mass is 10.2. The van der Waals surface area contributed by atoms with Crippen molar-refractivity contribution in [3.63, 3.8) is 0 Å². The highest BCUT2D eigenvalue weighted by Crippen LogP contribution is 2.13. The van der Waals surface area contributed by atoms with E-state index in [9.17, 15) is 0 Å². The molecule has 0 unspecified atom stereocenters. The van der Waals surface area contributed by atoms with Crippen molar-refractivity contribution in [3.05, 3.63) is 0 Å². The second-order valence-corrected chi connectivity index (χ2v) is 4.67. The Labute approximate surface area is 85.0 Å². The van der Waals surface area contributed by atoms with Crippen molar-refractivity contribution in [1.29, 1.82) is 0 Å². The van der Waals surface area contributed by atoms with Crippen LogP contribution in [0.1, 0.15) is 12.8 Å². The van der Waals surface area contributed by atoms with Gasteiger partial charge in [-0.3, -0.25) is 0 Å². The van der Waals surface area contributed by atoms with Gasteiger partial charge in [0, 0.05) is 24.4 Å². The van der Waals surface area contributed by atoms with E-state index in [0.717, 1.165) is 39.1 Å². The minimum Gasteiger partial charge on any atom is -0.375 e. The number of ether oxygens (including phenoxy) is 1. The summed E-state index contributed by atoms with van der Waals surface area (Å²) in [5.74, 6) is 0. The van der Waals surface area contributed by atoms with Gasteiger partial charge < -0.3 is 15.4 Å². The van der Waals surface area contributed by atoms with E-state index in [4.69, 9.17) is 4.74 Å². The number of thiol groups is 1. The minimum absolute atomic E-state index is 0.445. The Morgan fingerprint density at radius 1 is 1.38 bits per heavy atom.